The van der Waals surface area contributed by atoms with E-state index in [0.717, 1.165) is 0 Å². The zero-order valence-corrected chi connectivity index (χ0v) is 12.0. The van der Waals surface area contributed by atoms with E-state index in [1.165, 1.54) is 30.4 Å². The predicted molar refractivity (Wildman–Crippen MR) is 76.3 cm³/mol. The highest BCUT2D eigenvalue weighted by atomic mass is 14.9. The number of rotatable bonds is 5. The minimum atomic E-state index is 0.356. The molecule has 0 spiro atoms. The second-order valence-corrected chi connectivity index (χ2v) is 6.10. The third kappa shape index (κ3) is 4.91. The number of nitrogens with one attached hydrogen (secondary N) is 1. The van der Waals surface area contributed by atoms with Crippen molar-refractivity contribution in [1.29, 1.82) is 0 Å². The van der Waals surface area contributed by atoms with E-state index in [9.17, 15) is 0 Å². The van der Waals surface area contributed by atoms with Gasteiger partial charge in [0.05, 0.1) is 0 Å². The molecule has 17 heavy (non-hydrogen) atoms. The molecule has 0 aromatic heterocycles. The summed E-state index contributed by atoms with van der Waals surface area (Å²) in [6.07, 6.45) is 3.56. The smallest absolute Gasteiger partial charge is 0.0322 e. The maximum Gasteiger partial charge on any atom is 0.0322 e. The maximum atomic E-state index is 3.44. The van der Waals surface area contributed by atoms with E-state index in [0.29, 0.717) is 11.5 Å². The van der Waals surface area contributed by atoms with Crippen molar-refractivity contribution in [3.63, 3.8) is 0 Å². The van der Waals surface area contributed by atoms with E-state index in [-0.39, 0.29) is 0 Å². The molecule has 0 bridgehead atoms. The van der Waals surface area contributed by atoms with Crippen molar-refractivity contribution >= 4 is 0 Å². The Bertz CT molecular complexity index is 336. The van der Waals surface area contributed by atoms with Crippen molar-refractivity contribution in [2.24, 2.45) is 5.41 Å². The molecule has 0 heterocycles. The van der Waals surface area contributed by atoms with E-state index < -0.39 is 0 Å². The molecule has 1 N–H and O–H groups in total. The quantitative estimate of drug-likeness (QED) is 0.798. The van der Waals surface area contributed by atoms with Gasteiger partial charge < -0.3 is 5.32 Å². The van der Waals surface area contributed by atoms with E-state index in [2.05, 4.69) is 64.3 Å². The molecule has 0 radical (unpaired) electrons. The van der Waals surface area contributed by atoms with Crippen molar-refractivity contribution in [3.05, 3.63) is 35.4 Å². The number of hydrogen-bond donors (Lipinski definition) is 1. The van der Waals surface area contributed by atoms with Crippen LogP contribution in [0.1, 0.15) is 57.7 Å². The van der Waals surface area contributed by atoms with Crippen LogP contribution in [0.4, 0.5) is 0 Å². The van der Waals surface area contributed by atoms with Crippen LogP contribution in [-0.2, 0) is 6.42 Å². The van der Waals surface area contributed by atoms with Crippen LogP contribution in [0.5, 0.6) is 0 Å². The van der Waals surface area contributed by atoms with E-state index >= 15 is 0 Å². The average molecular weight is 233 g/mol. The molecule has 0 saturated carbocycles. The lowest BCUT2D eigenvalue weighted by Crippen LogP contribution is -2.22. The third-order valence-corrected chi connectivity index (χ3v) is 3.06. The topological polar surface area (TPSA) is 12.0 Å². The van der Waals surface area contributed by atoms with Gasteiger partial charge in [0.25, 0.3) is 0 Å². The van der Waals surface area contributed by atoms with Crippen LogP contribution >= 0.6 is 0 Å². The molecular weight excluding hydrogens is 206 g/mol. The predicted octanol–water partition coefficient (Wildman–Crippen LogP) is 4.34. The van der Waals surface area contributed by atoms with Crippen LogP contribution in [0.25, 0.3) is 0 Å². The van der Waals surface area contributed by atoms with Crippen LogP contribution in [0.2, 0.25) is 0 Å². The largest absolute Gasteiger partial charge is 0.313 e. The fourth-order valence-corrected chi connectivity index (χ4v) is 2.25. The molecule has 1 atom stereocenters. The Hall–Kier alpha value is -0.820. The van der Waals surface area contributed by atoms with Gasteiger partial charge >= 0.3 is 0 Å². The highest BCUT2D eigenvalue weighted by Gasteiger charge is 2.18. The minimum absolute atomic E-state index is 0.356. The fraction of sp³-hybridized carbons (Fsp3) is 0.625. The lowest BCUT2D eigenvalue weighted by Gasteiger charge is -2.26. The summed E-state index contributed by atoms with van der Waals surface area (Å²) in [6, 6.07) is 9.49. The Labute approximate surface area is 107 Å². The third-order valence-electron chi connectivity index (χ3n) is 3.06. The summed E-state index contributed by atoms with van der Waals surface area (Å²) >= 11 is 0. The lowest BCUT2D eigenvalue weighted by molar-refractivity contribution is 0.320. The van der Waals surface area contributed by atoms with Crippen LogP contribution in [-0.4, -0.2) is 7.05 Å². The molecule has 0 amide bonds. The number of aryl methyl sites for hydroxylation is 1. The van der Waals surface area contributed by atoms with E-state index in [4.69, 9.17) is 0 Å². The normalized spacial score (nSPS) is 13.7. The van der Waals surface area contributed by atoms with Gasteiger partial charge in [0.1, 0.15) is 0 Å². The van der Waals surface area contributed by atoms with Gasteiger partial charge in [-0.15, -0.1) is 0 Å². The summed E-state index contributed by atoms with van der Waals surface area (Å²) in [5, 5.41) is 3.44. The van der Waals surface area contributed by atoms with Gasteiger partial charge in [-0.05, 0) is 36.4 Å². The van der Waals surface area contributed by atoms with Crippen LogP contribution < -0.4 is 5.32 Å². The summed E-state index contributed by atoms with van der Waals surface area (Å²) in [6.45, 7) is 9.13. The van der Waals surface area contributed by atoms with Gasteiger partial charge in [-0.2, -0.15) is 0 Å². The Morgan fingerprint density at radius 2 is 1.94 bits per heavy atom. The second kappa shape index (κ2) is 6.20. The molecule has 0 aliphatic rings. The lowest BCUT2D eigenvalue weighted by atomic mass is 9.85. The molecule has 0 aliphatic carbocycles. The van der Waals surface area contributed by atoms with Crippen molar-refractivity contribution in [3.8, 4) is 0 Å². The highest BCUT2D eigenvalue weighted by molar-refractivity contribution is 5.26. The van der Waals surface area contributed by atoms with Gasteiger partial charge in [-0.1, -0.05) is 58.4 Å². The molecule has 96 valence electrons. The molecule has 1 aromatic carbocycles. The van der Waals surface area contributed by atoms with Gasteiger partial charge in [-0.3, -0.25) is 0 Å². The van der Waals surface area contributed by atoms with E-state index in [1.807, 2.05) is 0 Å². The second-order valence-electron chi connectivity index (χ2n) is 6.10. The zero-order chi connectivity index (χ0) is 12.9. The van der Waals surface area contributed by atoms with Crippen LogP contribution in [0.15, 0.2) is 24.3 Å². The molecule has 1 heteroatoms. The van der Waals surface area contributed by atoms with Gasteiger partial charge in [-0.25, -0.2) is 0 Å². The Kier molecular flexibility index (Phi) is 5.20. The summed E-state index contributed by atoms with van der Waals surface area (Å²) in [4.78, 5) is 0. The molecule has 1 aromatic rings. The molecule has 1 nitrogen and oxygen atoms in total. The molecule has 0 aliphatic heterocycles. The van der Waals surface area contributed by atoms with Crippen molar-refractivity contribution in [1.82, 2.24) is 5.32 Å². The monoisotopic (exact) mass is 233 g/mol. The standard InChI is InChI=1S/C16H27N/c1-6-8-13-9-7-10-14(11-13)15(17-5)12-16(2,3)4/h7,9-11,15,17H,6,8,12H2,1-5H3. The number of benzene rings is 1. The highest BCUT2D eigenvalue weighted by Crippen LogP contribution is 2.29. The van der Waals surface area contributed by atoms with Crippen LogP contribution in [0, 0.1) is 5.41 Å². The Morgan fingerprint density at radius 1 is 1.24 bits per heavy atom. The Morgan fingerprint density at radius 3 is 2.47 bits per heavy atom. The minimum Gasteiger partial charge on any atom is -0.313 e. The van der Waals surface area contributed by atoms with Gasteiger partial charge in [0.2, 0.25) is 0 Å². The summed E-state index contributed by atoms with van der Waals surface area (Å²) in [5.41, 5.74) is 3.24. The van der Waals surface area contributed by atoms with E-state index in [1.54, 1.807) is 0 Å². The fourth-order valence-electron chi connectivity index (χ4n) is 2.25. The zero-order valence-electron chi connectivity index (χ0n) is 12.0. The van der Waals surface area contributed by atoms with Crippen molar-refractivity contribution in [2.45, 2.75) is 53.0 Å². The Balaban J connectivity index is 2.84. The average Bonchev–Trinajstić information content (AvgIpc) is 2.25. The van der Waals surface area contributed by atoms with Gasteiger partial charge in [0, 0.05) is 6.04 Å². The maximum absolute atomic E-state index is 3.44. The summed E-state index contributed by atoms with van der Waals surface area (Å²) in [7, 11) is 2.06. The summed E-state index contributed by atoms with van der Waals surface area (Å²) < 4.78 is 0. The first-order valence-corrected chi connectivity index (χ1v) is 6.72. The van der Waals surface area contributed by atoms with Crippen molar-refractivity contribution in [2.75, 3.05) is 7.05 Å². The van der Waals surface area contributed by atoms with Gasteiger partial charge in [0.15, 0.2) is 0 Å². The number of hydrogen-bond acceptors (Lipinski definition) is 1. The summed E-state index contributed by atoms with van der Waals surface area (Å²) in [5.74, 6) is 0. The molecule has 1 rings (SSSR count). The first-order valence-electron chi connectivity index (χ1n) is 6.72. The first kappa shape index (κ1) is 14.2. The van der Waals surface area contributed by atoms with Crippen LogP contribution in [0.3, 0.4) is 0 Å². The molecule has 0 fully saturated rings. The SMILES string of the molecule is CCCc1cccc(C(CC(C)(C)C)NC)c1. The molecular formula is C16H27N. The molecule has 0 saturated heterocycles. The first-order chi connectivity index (χ1) is 7.96. The molecule has 1 unspecified atom stereocenters. The van der Waals surface area contributed by atoms with Crippen molar-refractivity contribution < 1.29 is 0 Å².